The second kappa shape index (κ2) is 3.72. The minimum atomic E-state index is -0.0174. The molecule has 70 valence electrons. The molecule has 12 heavy (non-hydrogen) atoms. The van der Waals surface area contributed by atoms with Crippen molar-refractivity contribution in [3.63, 3.8) is 0 Å². The van der Waals surface area contributed by atoms with Crippen molar-refractivity contribution < 1.29 is 0 Å². The third-order valence-electron chi connectivity index (χ3n) is 2.00. The highest BCUT2D eigenvalue weighted by Crippen LogP contribution is 2.08. The van der Waals surface area contributed by atoms with E-state index in [4.69, 9.17) is 23.2 Å². The molecule has 1 rings (SSSR count). The lowest BCUT2D eigenvalue weighted by atomic mass is 10.2. The average molecular weight is 172 g/mol. The minimum Gasteiger partial charge on any atom is -0.403 e. The first-order valence-electron chi connectivity index (χ1n) is 3.82. The first-order valence-corrected chi connectivity index (χ1v) is 3.82. The first kappa shape index (κ1) is 9.27. The van der Waals surface area contributed by atoms with E-state index in [1.165, 1.54) is 11.2 Å². The lowest BCUT2D eigenvalue weighted by molar-refractivity contribution is 0.258. The Labute approximate surface area is 71.7 Å². The molecule has 0 amide bonds. The number of rotatable bonds is 2. The van der Waals surface area contributed by atoms with E-state index >= 15 is 0 Å². The first-order chi connectivity index (χ1) is 5.65. The number of hydrazine groups is 2. The number of nitrogens with two attached hydrogens (primary N) is 4. The quantitative estimate of drug-likeness (QED) is 0.270. The second-order valence-corrected chi connectivity index (χ2v) is 2.97. The van der Waals surface area contributed by atoms with Gasteiger partial charge in [0, 0.05) is 31.5 Å². The predicted octanol–water partition coefficient (Wildman–Crippen LogP) is -2.52. The average Bonchev–Trinajstić information content (AvgIpc) is 2.30. The van der Waals surface area contributed by atoms with Gasteiger partial charge in [0.05, 0.1) is 6.04 Å². The Morgan fingerprint density at radius 1 is 1.42 bits per heavy atom. The Morgan fingerprint density at radius 3 is 2.50 bits per heavy atom. The van der Waals surface area contributed by atoms with E-state index in [0.717, 1.165) is 0 Å². The van der Waals surface area contributed by atoms with E-state index in [2.05, 4.69) is 0 Å². The zero-order valence-corrected chi connectivity index (χ0v) is 6.93. The molecular formula is C6H16N6. The summed E-state index contributed by atoms with van der Waals surface area (Å²) < 4.78 is 0. The van der Waals surface area contributed by atoms with Crippen molar-refractivity contribution in [3.05, 3.63) is 12.4 Å². The molecule has 0 aliphatic carbocycles. The molecule has 1 saturated heterocycles. The normalized spacial score (nSPS) is 31.6. The predicted molar refractivity (Wildman–Crippen MR) is 46.9 cm³/mol. The van der Waals surface area contributed by atoms with Crippen LogP contribution in [0.4, 0.5) is 0 Å². The summed E-state index contributed by atoms with van der Waals surface area (Å²) in [6, 6.07) is 0.0333. The molecule has 0 aromatic heterocycles. The fourth-order valence-electron chi connectivity index (χ4n) is 1.37. The molecule has 8 N–H and O–H groups in total. The maximum atomic E-state index is 5.78. The van der Waals surface area contributed by atoms with E-state index in [-0.39, 0.29) is 12.1 Å². The third kappa shape index (κ3) is 1.86. The van der Waals surface area contributed by atoms with Crippen LogP contribution in [-0.4, -0.2) is 35.2 Å². The van der Waals surface area contributed by atoms with Crippen molar-refractivity contribution in [3.8, 4) is 0 Å². The molecule has 6 heteroatoms. The summed E-state index contributed by atoms with van der Waals surface area (Å²) in [5.74, 6) is 11.2. The molecule has 6 nitrogen and oxygen atoms in total. The van der Waals surface area contributed by atoms with Crippen LogP contribution < -0.4 is 23.2 Å². The smallest absolute Gasteiger partial charge is 0.0750 e. The Bertz CT molecular complexity index is 169. The van der Waals surface area contributed by atoms with Gasteiger partial charge in [0.2, 0.25) is 0 Å². The van der Waals surface area contributed by atoms with Crippen LogP contribution in [0.15, 0.2) is 12.4 Å². The SMILES string of the molecule is N/C=C\N(N)C1CN(N)CC1N. The van der Waals surface area contributed by atoms with Crippen LogP contribution in [0.1, 0.15) is 0 Å². The molecule has 1 heterocycles. The van der Waals surface area contributed by atoms with Gasteiger partial charge in [-0.2, -0.15) is 0 Å². The molecule has 0 bridgehead atoms. The molecule has 2 atom stereocenters. The van der Waals surface area contributed by atoms with Gasteiger partial charge in [0.15, 0.2) is 0 Å². The van der Waals surface area contributed by atoms with Crippen LogP contribution in [0.5, 0.6) is 0 Å². The molecule has 0 radical (unpaired) electrons. The van der Waals surface area contributed by atoms with Crippen molar-refractivity contribution in [1.82, 2.24) is 10.0 Å². The van der Waals surface area contributed by atoms with Gasteiger partial charge in [-0.05, 0) is 0 Å². The maximum absolute atomic E-state index is 5.78. The van der Waals surface area contributed by atoms with Gasteiger partial charge in [-0.1, -0.05) is 0 Å². The summed E-state index contributed by atoms with van der Waals surface area (Å²) in [7, 11) is 0. The lowest BCUT2D eigenvalue weighted by Gasteiger charge is -2.24. The van der Waals surface area contributed by atoms with Crippen LogP contribution in [-0.2, 0) is 0 Å². The van der Waals surface area contributed by atoms with Crippen LogP contribution in [0.25, 0.3) is 0 Å². The molecular weight excluding hydrogens is 156 g/mol. The van der Waals surface area contributed by atoms with Crippen molar-refractivity contribution >= 4 is 0 Å². The summed E-state index contributed by atoms with van der Waals surface area (Å²) in [5, 5.41) is 3.15. The Morgan fingerprint density at radius 2 is 2.08 bits per heavy atom. The fraction of sp³-hybridized carbons (Fsp3) is 0.667. The van der Waals surface area contributed by atoms with E-state index in [1.54, 1.807) is 11.2 Å². The van der Waals surface area contributed by atoms with Crippen molar-refractivity contribution in [2.75, 3.05) is 13.1 Å². The molecule has 0 spiro atoms. The lowest BCUT2D eigenvalue weighted by Crippen LogP contribution is -2.48. The molecule has 0 aromatic rings. The van der Waals surface area contributed by atoms with Crippen LogP contribution in [0.2, 0.25) is 0 Å². The van der Waals surface area contributed by atoms with Gasteiger partial charge in [-0.15, -0.1) is 0 Å². The van der Waals surface area contributed by atoms with E-state index < -0.39 is 0 Å². The van der Waals surface area contributed by atoms with Gasteiger partial charge >= 0.3 is 0 Å². The number of hydrogen-bond donors (Lipinski definition) is 4. The van der Waals surface area contributed by atoms with Gasteiger partial charge in [-0.3, -0.25) is 5.84 Å². The van der Waals surface area contributed by atoms with Crippen LogP contribution >= 0.6 is 0 Å². The second-order valence-electron chi connectivity index (χ2n) is 2.97. The van der Waals surface area contributed by atoms with Crippen molar-refractivity contribution in [2.24, 2.45) is 23.2 Å². The molecule has 0 saturated carbocycles. The van der Waals surface area contributed by atoms with Crippen molar-refractivity contribution in [2.45, 2.75) is 12.1 Å². The Hall–Kier alpha value is -0.820. The standard InChI is InChI=1S/C6H16N6/c7-1-2-12(10)6-4-11(9)3-5(6)8/h1-2,5-6H,3-4,7-10H2/b2-1-. The van der Waals surface area contributed by atoms with Gasteiger partial charge < -0.3 is 16.5 Å². The van der Waals surface area contributed by atoms with E-state index in [0.29, 0.717) is 13.1 Å². The Balaban J connectivity index is 2.51. The number of nitrogens with zero attached hydrogens (tertiary/aromatic N) is 2. The van der Waals surface area contributed by atoms with Crippen molar-refractivity contribution in [1.29, 1.82) is 0 Å². The monoisotopic (exact) mass is 172 g/mol. The minimum absolute atomic E-state index is 0.0174. The topological polar surface area (TPSA) is 111 Å². The maximum Gasteiger partial charge on any atom is 0.0750 e. The number of hydrogen-bond acceptors (Lipinski definition) is 6. The highest BCUT2D eigenvalue weighted by atomic mass is 15.5. The molecule has 2 unspecified atom stereocenters. The fourth-order valence-corrected chi connectivity index (χ4v) is 1.37. The van der Waals surface area contributed by atoms with Crippen LogP contribution in [0.3, 0.4) is 0 Å². The summed E-state index contributed by atoms with van der Waals surface area (Å²) in [5.41, 5.74) is 11.0. The molecule has 1 aliphatic heterocycles. The molecule has 0 aromatic carbocycles. The van der Waals surface area contributed by atoms with Gasteiger partial charge in [0.25, 0.3) is 0 Å². The highest BCUT2D eigenvalue weighted by Gasteiger charge is 2.30. The summed E-state index contributed by atoms with van der Waals surface area (Å²) in [4.78, 5) is 0. The van der Waals surface area contributed by atoms with Gasteiger partial charge in [0.1, 0.15) is 0 Å². The summed E-state index contributed by atoms with van der Waals surface area (Å²) in [6.07, 6.45) is 2.97. The highest BCUT2D eigenvalue weighted by molar-refractivity contribution is 4.93. The van der Waals surface area contributed by atoms with Gasteiger partial charge in [-0.25, -0.2) is 10.9 Å². The largest absolute Gasteiger partial charge is 0.403 e. The molecule has 1 aliphatic rings. The summed E-state index contributed by atoms with van der Waals surface area (Å²) in [6.45, 7) is 1.33. The third-order valence-corrected chi connectivity index (χ3v) is 2.00. The zero-order valence-electron chi connectivity index (χ0n) is 6.93. The molecule has 1 fully saturated rings. The summed E-state index contributed by atoms with van der Waals surface area (Å²) >= 11 is 0. The Kier molecular flexibility index (Phi) is 2.88. The van der Waals surface area contributed by atoms with E-state index in [9.17, 15) is 0 Å². The zero-order chi connectivity index (χ0) is 9.14. The van der Waals surface area contributed by atoms with E-state index in [1.807, 2.05) is 0 Å². The van der Waals surface area contributed by atoms with Crippen LogP contribution in [0, 0.1) is 0 Å².